The van der Waals surface area contributed by atoms with Gasteiger partial charge in [-0.3, -0.25) is 0 Å². The first-order chi connectivity index (χ1) is 6.90. The molecule has 0 fully saturated rings. The average molecular weight is 221 g/mol. The van der Waals surface area contributed by atoms with Gasteiger partial charge >= 0.3 is 6.18 Å². The van der Waals surface area contributed by atoms with E-state index in [4.69, 9.17) is 11.5 Å². The number of ether oxygens (including phenoxy) is 1. The first-order valence-corrected chi connectivity index (χ1v) is 4.00. The van der Waals surface area contributed by atoms with E-state index in [9.17, 15) is 13.2 Å². The number of pyridine rings is 1. The first-order valence-electron chi connectivity index (χ1n) is 4.00. The lowest BCUT2D eigenvalue weighted by Crippen LogP contribution is -2.14. The summed E-state index contributed by atoms with van der Waals surface area (Å²) in [5.74, 6) is -0.154. The van der Waals surface area contributed by atoms with Crippen molar-refractivity contribution in [3.05, 3.63) is 17.3 Å². The molecule has 0 saturated carbocycles. The Kier molecular flexibility index (Phi) is 3.04. The molecule has 0 aromatic carbocycles. The Morgan fingerprint density at radius 1 is 1.47 bits per heavy atom. The van der Waals surface area contributed by atoms with Crippen LogP contribution in [0.1, 0.15) is 11.3 Å². The van der Waals surface area contributed by atoms with Crippen molar-refractivity contribution < 1.29 is 17.9 Å². The summed E-state index contributed by atoms with van der Waals surface area (Å²) in [6.07, 6.45) is -4.59. The van der Waals surface area contributed by atoms with E-state index >= 15 is 0 Å². The van der Waals surface area contributed by atoms with Crippen LogP contribution < -0.4 is 16.2 Å². The molecule has 0 aliphatic heterocycles. The van der Waals surface area contributed by atoms with E-state index in [-0.39, 0.29) is 12.4 Å². The Balaban J connectivity index is 3.32. The van der Waals surface area contributed by atoms with E-state index < -0.39 is 17.6 Å². The standard InChI is InChI=1S/C8H10F3N3O/c1-15-7-4(3-12)2-5(13)6(14-7)8(9,10)11/h2H,3,12-13H2,1H3. The van der Waals surface area contributed by atoms with E-state index in [2.05, 4.69) is 9.72 Å². The van der Waals surface area contributed by atoms with Gasteiger partial charge in [-0.25, -0.2) is 4.98 Å². The van der Waals surface area contributed by atoms with Crippen LogP contribution in [0.3, 0.4) is 0 Å². The molecule has 0 saturated heterocycles. The van der Waals surface area contributed by atoms with Crippen molar-refractivity contribution in [2.75, 3.05) is 12.8 Å². The summed E-state index contributed by atoms with van der Waals surface area (Å²) >= 11 is 0. The van der Waals surface area contributed by atoms with Crippen molar-refractivity contribution in [1.29, 1.82) is 0 Å². The number of hydrogen-bond donors (Lipinski definition) is 2. The van der Waals surface area contributed by atoms with E-state index in [0.29, 0.717) is 5.56 Å². The molecule has 84 valence electrons. The van der Waals surface area contributed by atoms with Crippen LogP contribution in [-0.2, 0) is 12.7 Å². The molecule has 4 nitrogen and oxygen atoms in total. The van der Waals surface area contributed by atoms with E-state index in [0.717, 1.165) is 6.07 Å². The molecule has 15 heavy (non-hydrogen) atoms. The summed E-state index contributed by atoms with van der Waals surface area (Å²) in [5.41, 5.74) is 9.24. The van der Waals surface area contributed by atoms with Gasteiger partial charge in [0, 0.05) is 12.1 Å². The molecule has 0 aliphatic carbocycles. The van der Waals surface area contributed by atoms with E-state index in [1.54, 1.807) is 0 Å². The highest BCUT2D eigenvalue weighted by molar-refractivity contribution is 5.50. The van der Waals surface area contributed by atoms with Gasteiger partial charge in [-0.15, -0.1) is 0 Å². The molecule has 0 radical (unpaired) electrons. The Morgan fingerprint density at radius 2 is 2.07 bits per heavy atom. The van der Waals surface area contributed by atoms with Gasteiger partial charge in [0.2, 0.25) is 5.88 Å². The van der Waals surface area contributed by atoms with Gasteiger partial charge in [-0.2, -0.15) is 13.2 Å². The number of anilines is 1. The van der Waals surface area contributed by atoms with Crippen molar-refractivity contribution in [2.45, 2.75) is 12.7 Å². The SMILES string of the molecule is COc1nc(C(F)(F)F)c(N)cc1CN. The van der Waals surface area contributed by atoms with Gasteiger partial charge < -0.3 is 16.2 Å². The smallest absolute Gasteiger partial charge is 0.435 e. The molecule has 1 aromatic heterocycles. The van der Waals surface area contributed by atoms with Crippen LogP contribution in [0.4, 0.5) is 18.9 Å². The number of nitrogens with two attached hydrogens (primary N) is 2. The van der Waals surface area contributed by atoms with Crippen molar-refractivity contribution in [3.8, 4) is 5.88 Å². The third-order valence-electron chi connectivity index (χ3n) is 1.77. The van der Waals surface area contributed by atoms with Gasteiger partial charge in [0.25, 0.3) is 0 Å². The molecule has 0 bridgehead atoms. The third-order valence-corrected chi connectivity index (χ3v) is 1.77. The summed E-state index contributed by atoms with van der Waals surface area (Å²) in [4.78, 5) is 3.28. The molecule has 1 aromatic rings. The van der Waals surface area contributed by atoms with E-state index in [1.807, 2.05) is 0 Å². The number of nitrogen functional groups attached to an aromatic ring is 1. The Labute approximate surface area is 84.0 Å². The highest BCUT2D eigenvalue weighted by Crippen LogP contribution is 2.34. The minimum absolute atomic E-state index is 0.0124. The fourth-order valence-electron chi connectivity index (χ4n) is 1.11. The fourth-order valence-corrected chi connectivity index (χ4v) is 1.11. The van der Waals surface area contributed by atoms with Crippen LogP contribution in [-0.4, -0.2) is 12.1 Å². The zero-order valence-electron chi connectivity index (χ0n) is 7.93. The molecule has 0 atom stereocenters. The quantitative estimate of drug-likeness (QED) is 0.785. The molecule has 0 unspecified atom stereocenters. The Bertz CT molecular complexity index is 365. The van der Waals surface area contributed by atoms with Gasteiger partial charge in [-0.1, -0.05) is 0 Å². The van der Waals surface area contributed by atoms with Crippen LogP contribution in [0.2, 0.25) is 0 Å². The first kappa shape index (κ1) is 11.6. The summed E-state index contributed by atoms with van der Waals surface area (Å²) in [7, 11) is 1.22. The van der Waals surface area contributed by atoms with Crippen LogP contribution in [0.25, 0.3) is 0 Å². The number of halogens is 3. The number of nitrogens with zero attached hydrogens (tertiary/aromatic N) is 1. The summed E-state index contributed by atoms with van der Waals surface area (Å²) in [6.45, 7) is 0.0124. The van der Waals surface area contributed by atoms with Crippen LogP contribution in [0, 0.1) is 0 Å². The largest absolute Gasteiger partial charge is 0.481 e. The predicted molar refractivity (Wildman–Crippen MR) is 48.1 cm³/mol. The number of alkyl halides is 3. The Morgan fingerprint density at radius 3 is 2.47 bits per heavy atom. The minimum atomic E-state index is -4.59. The summed E-state index contributed by atoms with van der Waals surface area (Å²) in [5, 5.41) is 0. The molecular formula is C8H10F3N3O. The summed E-state index contributed by atoms with van der Waals surface area (Å²) in [6, 6.07) is 1.12. The monoisotopic (exact) mass is 221 g/mol. The minimum Gasteiger partial charge on any atom is -0.481 e. The fraction of sp³-hybridized carbons (Fsp3) is 0.375. The number of aromatic nitrogens is 1. The predicted octanol–water partition coefficient (Wildman–Crippen LogP) is 1.15. The van der Waals surface area contributed by atoms with E-state index in [1.165, 1.54) is 7.11 Å². The second-order valence-electron chi connectivity index (χ2n) is 2.80. The highest BCUT2D eigenvalue weighted by Gasteiger charge is 2.36. The molecule has 0 aliphatic rings. The van der Waals surface area contributed by atoms with Crippen LogP contribution in [0.15, 0.2) is 6.07 Å². The molecule has 0 amide bonds. The van der Waals surface area contributed by atoms with Crippen molar-refractivity contribution in [2.24, 2.45) is 5.73 Å². The maximum Gasteiger partial charge on any atom is 0.435 e. The van der Waals surface area contributed by atoms with Crippen molar-refractivity contribution in [1.82, 2.24) is 4.98 Å². The van der Waals surface area contributed by atoms with Gasteiger partial charge in [0.1, 0.15) is 0 Å². The van der Waals surface area contributed by atoms with Crippen LogP contribution in [0.5, 0.6) is 5.88 Å². The zero-order valence-corrected chi connectivity index (χ0v) is 7.93. The second kappa shape index (κ2) is 3.93. The molecule has 7 heteroatoms. The molecular weight excluding hydrogens is 211 g/mol. The Hall–Kier alpha value is -1.50. The van der Waals surface area contributed by atoms with Gasteiger partial charge in [0.05, 0.1) is 12.8 Å². The number of methoxy groups -OCH3 is 1. The second-order valence-corrected chi connectivity index (χ2v) is 2.80. The average Bonchev–Trinajstić information content (AvgIpc) is 2.15. The normalized spacial score (nSPS) is 11.5. The molecule has 4 N–H and O–H groups in total. The third kappa shape index (κ3) is 2.30. The lowest BCUT2D eigenvalue weighted by atomic mass is 10.2. The lowest BCUT2D eigenvalue weighted by Gasteiger charge is -2.12. The molecule has 0 spiro atoms. The van der Waals surface area contributed by atoms with Crippen molar-refractivity contribution >= 4 is 5.69 Å². The van der Waals surface area contributed by atoms with Crippen molar-refractivity contribution in [3.63, 3.8) is 0 Å². The number of hydrogen-bond acceptors (Lipinski definition) is 4. The number of rotatable bonds is 2. The maximum absolute atomic E-state index is 12.4. The maximum atomic E-state index is 12.4. The topological polar surface area (TPSA) is 74.2 Å². The summed E-state index contributed by atoms with van der Waals surface area (Å²) < 4.78 is 41.8. The molecule has 1 heterocycles. The van der Waals surface area contributed by atoms with Crippen LogP contribution >= 0.6 is 0 Å². The highest BCUT2D eigenvalue weighted by atomic mass is 19.4. The van der Waals surface area contributed by atoms with Gasteiger partial charge in [0.15, 0.2) is 5.69 Å². The lowest BCUT2D eigenvalue weighted by molar-refractivity contribution is -0.140. The molecule has 1 rings (SSSR count). The zero-order chi connectivity index (χ0) is 11.6. The van der Waals surface area contributed by atoms with Gasteiger partial charge in [-0.05, 0) is 6.07 Å².